The molecule has 3 rings (SSSR count). The lowest BCUT2D eigenvalue weighted by Gasteiger charge is -2.06. The van der Waals surface area contributed by atoms with E-state index in [0.29, 0.717) is 10.7 Å². The molecule has 1 heterocycles. The van der Waals surface area contributed by atoms with Gasteiger partial charge in [0, 0.05) is 32.9 Å². The number of nitrogens with zero attached hydrogens (tertiary/aromatic N) is 3. The molecular weight excluding hydrogens is 368 g/mol. The van der Waals surface area contributed by atoms with Gasteiger partial charge in [0.2, 0.25) is 5.13 Å². The van der Waals surface area contributed by atoms with E-state index in [1.54, 1.807) is 12.3 Å². The second-order valence-electron chi connectivity index (χ2n) is 5.56. The molecule has 0 radical (unpaired) electrons. The van der Waals surface area contributed by atoms with Crippen molar-refractivity contribution in [2.45, 2.75) is 23.6 Å². The van der Waals surface area contributed by atoms with E-state index in [1.165, 1.54) is 40.8 Å². The van der Waals surface area contributed by atoms with E-state index in [0.717, 1.165) is 15.5 Å². The molecule has 26 heavy (non-hydrogen) atoms. The summed E-state index contributed by atoms with van der Waals surface area (Å²) in [6.45, 7) is 3.94. The Bertz CT molecular complexity index is 952. The second kappa shape index (κ2) is 8.11. The largest absolute Gasteiger partial charge is 0.270 e. The zero-order chi connectivity index (χ0) is 18.5. The van der Waals surface area contributed by atoms with Crippen LogP contribution in [0.25, 0.3) is 0 Å². The Kier molecular flexibility index (Phi) is 5.65. The molecule has 0 amide bonds. The van der Waals surface area contributed by atoms with Crippen LogP contribution in [0, 0.1) is 24.0 Å². The highest BCUT2D eigenvalue weighted by atomic mass is 32.2. The quantitative estimate of drug-likeness (QED) is 0.356. The average molecular weight is 384 g/mol. The van der Waals surface area contributed by atoms with Gasteiger partial charge in [0.05, 0.1) is 16.8 Å². The van der Waals surface area contributed by atoms with Crippen LogP contribution in [0.3, 0.4) is 0 Å². The standard InChI is InChI=1S/C18H16N4O2S2/c1-12-3-6-16(7-4-12)26-17-8-5-15(22(23)24)9-14(17)10-19-21-18-20-13(2)11-25-18/h3-11H,1-2H3,(H,20,21). The van der Waals surface area contributed by atoms with E-state index in [4.69, 9.17) is 0 Å². The summed E-state index contributed by atoms with van der Waals surface area (Å²) in [5.41, 5.74) is 5.66. The summed E-state index contributed by atoms with van der Waals surface area (Å²) in [7, 11) is 0. The fraction of sp³-hybridized carbons (Fsp3) is 0.111. The number of hydrazone groups is 1. The molecule has 132 valence electrons. The molecule has 2 aromatic carbocycles. The molecule has 8 heteroatoms. The minimum Gasteiger partial charge on any atom is -0.258 e. The number of non-ortho nitro benzene ring substituents is 1. The maximum atomic E-state index is 11.1. The number of hydrogen-bond donors (Lipinski definition) is 1. The summed E-state index contributed by atoms with van der Waals surface area (Å²) >= 11 is 2.99. The average Bonchev–Trinajstić information content (AvgIpc) is 3.03. The third kappa shape index (κ3) is 4.68. The van der Waals surface area contributed by atoms with Gasteiger partial charge < -0.3 is 0 Å². The molecule has 6 nitrogen and oxygen atoms in total. The molecule has 0 aliphatic carbocycles. The molecule has 0 unspecified atom stereocenters. The van der Waals surface area contributed by atoms with Gasteiger partial charge in [-0.2, -0.15) is 5.10 Å². The fourth-order valence-corrected chi connectivity index (χ4v) is 3.67. The minimum absolute atomic E-state index is 0.0322. The number of aryl methyl sites for hydroxylation is 2. The summed E-state index contributed by atoms with van der Waals surface area (Å²) in [5.74, 6) is 0. The maximum Gasteiger partial charge on any atom is 0.270 e. The van der Waals surface area contributed by atoms with Crippen molar-refractivity contribution in [1.82, 2.24) is 4.98 Å². The number of nitrogens with one attached hydrogen (secondary N) is 1. The predicted octanol–water partition coefficient (Wildman–Crippen LogP) is 5.27. The second-order valence-corrected chi connectivity index (χ2v) is 7.53. The molecule has 0 aliphatic heterocycles. The number of benzene rings is 2. The summed E-state index contributed by atoms with van der Waals surface area (Å²) in [5, 5.41) is 17.9. The lowest BCUT2D eigenvalue weighted by Crippen LogP contribution is -1.95. The molecule has 3 aromatic rings. The van der Waals surface area contributed by atoms with Gasteiger partial charge in [-0.25, -0.2) is 4.98 Å². The molecule has 0 aliphatic rings. The van der Waals surface area contributed by atoms with Crippen molar-refractivity contribution >= 4 is 40.1 Å². The van der Waals surface area contributed by atoms with Gasteiger partial charge in [-0.15, -0.1) is 11.3 Å². The highest BCUT2D eigenvalue weighted by molar-refractivity contribution is 7.99. The highest BCUT2D eigenvalue weighted by Gasteiger charge is 2.11. The summed E-state index contributed by atoms with van der Waals surface area (Å²) in [6.07, 6.45) is 1.58. The molecule has 0 bridgehead atoms. The lowest BCUT2D eigenvalue weighted by atomic mass is 10.2. The van der Waals surface area contributed by atoms with Crippen molar-refractivity contribution in [3.05, 3.63) is 74.8 Å². The topological polar surface area (TPSA) is 80.4 Å². The Hall–Kier alpha value is -2.71. The van der Waals surface area contributed by atoms with Gasteiger partial charge in [0.25, 0.3) is 5.69 Å². The minimum atomic E-state index is -0.407. The van der Waals surface area contributed by atoms with Crippen molar-refractivity contribution in [1.29, 1.82) is 0 Å². The SMILES string of the molecule is Cc1ccc(Sc2ccc([N+](=O)[O-])cc2C=NNc2nc(C)cs2)cc1. The monoisotopic (exact) mass is 384 g/mol. The van der Waals surface area contributed by atoms with E-state index in [1.807, 2.05) is 43.5 Å². The molecule has 0 fully saturated rings. The van der Waals surface area contributed by atoms with Crippen molar-refractivity contribution in [2.75, 3.05) is 5.43 Å². The molecule has 0 atom stereocenters. The Morgan fingerprint density at radius 1 is 1.23 bits per heavy atom. The van der Waals surface area contributed by atoms with E-state index in [2.05, 4.69) is 15.5 Å². The Morgan fingerprint density at radius 2 is 2.00 bits per heavy atom. The number of thiazole rings is 1. The number of hydrogen-bond acceptors (Lipinski definition) is 7. The van der Waals surface area contributed by atoms with Crippen molar-refractivity contribution in [3.63, 3.8) is 0 Å². The first-order valence-corrected chi connectivity index (χ1v) is 9.45. The van der Waals surface area contributed by atoms with Gasteiger partial charge in [0.1, 0.15) is 0 Å². The third-order valence-electron chi connectivity index (χ3n) is 3.44. The number of anilines is 1. The van der Waals surface area contributed by atoms with E-state index in [9.17, 15) is 10.1 Å². The number of rotatable bonds is 6. The third-order valence-corrected chi connectivity index (χ3v) is 5.40. The number of nitro benzene ring substituents is 1. The Morgan fingerprint density at radius 3 is 2.65 bits per heavy atom. The van der Waals surface area contributed by atoms with Crippen LogP contribution in [0.15, 0.2) is 62.7 Å². The molecule has 0 saturated carbocycles. The van der Waals surface area contributed by atoms with Crippen LogP contribution < -0.4 is 5.43 Å². The maximum absolute atomic E-state index is 11.1. The van der Waals surface area contributed by atoms with Crippen molar-refractivity contribution in [3.8, 4) is 0 Å². The first-order valence-electron chi connectivity index (χ1n) is 7.75. The summed E-state index contributed by atoms with van der Waals surface area (Å²) in [4.78, 5) is 16.9. The zero-order valence-corrected chi connectivity index (χ0v) is 15.8. The Balaban J connectivity index is 1.85. The van der Waals surface area contributed by atoms with E-state index >= 15 is 0 Å². The first kappa shape index (κ1) is 18.1. The summed E-state index contributed by atoms with van der Waals surface area (Å²) in [6, 6.07) is 12.9. The highest BCUT2D eigenvalue weighted by Crippen LogP contribution is 2.32. The van der Waals surface area contributed by atoms with Crippen LogP contribution in [-0.2, 0) is 0 Å². The smallest absolute Gasteiger partial charge is 0.258 e. The molecule has 1 N–H and O–H groups in total. The van der Waals surface area contributed by atoms with Crippen LogP contribution >= 0.6 is 23.1 Å². The zero-order valence-electron chi connectivity index (χ0n) is 14.2. The Labute approximate surface area is 159 Å². The molecule has 1 aromatic heterocycles. The normalized spacial score (nSPS) is 11.0. The fourth-order valence-electron chi connectivity index (χ4n) is 2.14. The molecular formula is C18H16N4O2S2. The number of aromatic nitrogens is 1. The number of nitro groups is 1. The van der Waals surface area contributed by atoms with Crippen molar-refractivity contribution in [2.24, 2.45) is 5.10 Å². The van der Waals surface area contributed by atoms with E-state index in [-0.39, 0.29) is 5.69 Å². The van der Waals surface area contributed by atoms with Gasteiger partial charge in [-0.1, -0.05) is 29.5 Å². The first-order chi connectivity index (χ1) is 12.5. The van der Waals surface area contributed by atoms with Crippen LogP contribution in [0.4, 0.5) is 10.8 Å². The van der Waals surface area contributed by atoms with Crippen molar-refractivity contribution < 1.29 is 4.92 Å². The van der Waals surface area contributed by atoms with Crippen LogP contribution in [0.1, 0.15) is 16.8 Å². The van der Waals surface area contributed by atoms with E-state index < -0.39 is 4.92 Å². The summed E-state index contributed by atoms with van der Waals surface area (Å²) < 4.78 is 0. The molecule has 0 saturated heterocycles. The lowest BCUT2D eigenvalue weighted by molar-refractivity contribution is -0.384. The van der Waals surface area contributed by atoms with Gasteiger partial charge in [-0.3, -0.25) is 15.5 Å². The predicted molar refractivity (Wildman–Crippen MR) is 106 cm³/mol. The van der Waals surface area contributed by atoms with Crippen LogP contribution in [-0.4, -0.2) is 16.1 Å². The van der Waals surface area contributed by atoms with Gasteiger partial charge >= 0.3 is 0 Å². The van der Waals surface area contributed by atoms with Gasteiger partial charge in [-0.05, 0) is 32.0 Å². The van der Waals surface area contributed by atoms with Gasteiger partial charge in [0.15, 0.2) is 0 Å². The molecule has 0 spiro atoms. The van der Waals surface area contributed by atoms with Crippen LogP contribution in [0.5, 0.6) is 0 Å². The van der Waals surface area contributed by atoms with Crippen LogP contribution in [0.2, 0.25) is 0 Å².